The molecule has 0 atom stereocenters. The van der Waals surface area contributed by atoms with E-state index in [-0.39, 0.29) is 5.91 Å². The highest BCUT2D eigenvalue weighted by Gasteiger charge is 2.16. The topological polar surface area (TPSA) is 32.3 Å². The van der Waals surface area contributed by atoms with E-state index in [4.69, 9.17) is 0 Å². The van der Waals surface area contributed by atoms with Gasteiger partial charge in [-0.05, 0) is 44.6 Å². The van der Waals surface area contributed by atoms with Gasteiger partial charge in [0.1, 0.15) is 0 Å². The lowest BCUT2D eigenvalue weighted by Gasteiger charge is -2.22. The van der Waals surface area contributed by atoms with Crippen molar-refractivity contribution in [2.24, 2.45) is 0 Å². The Balaban J connectivity index is 1.91. The van der Waals surface area contributed by atoms with Gasteiger partial charge in [-0.25, -0.2) is 0 Å². The zero-order chi connectivity index (χ0) is 13.7. The number of carbonyl (C=O) groups is 1. The van der Waals surface area contributed by atoms with Crippen molar-refractivity contribution < 1.29 is 4.79 Å². The van der Waals surface area contributed by atoms with Crippen molar-refractivity contribution in [3.05, 3.63) is 35.4 Å². The molecule has 0 spiro atoms. The number of nitrogens with zero attached hydrogens (tertiary/aromatic N) is 1. The van der Waals surface area contributed by atoms with Gasteiger partial charge >= 0.3 is 0 Å². The molecule has 2 rings (SSSR count). The van der Waals surface area contributed by atoms with Crippen molar-refractivity contribution in [1.29, 1.82) is 0 Å². The van der Waals surface area contributed by atoms with Crippen LogP contribution in [0.15, 0.2) is 24.3 Å². The molecule has 1 aromatic carbocycles. The van der Waals surface area contributed by atoms with Gasteiger partial charge in [0.15, 0.2) is 0 Å². The summed E-state index contributed by atoms with van der Waals surface area (Å²) in [4.78, 5) is 14.2. The van der Waals surface area contributed by atoms with Gasteiger partial charge in [-0.1, -0.05) is 31.4 Å². The maximum Gasteiger partial charge on any atom is 0.251 e. The lowest BCUT2D eigenvalue weighted by atomic mass is 9.95. The summed E-state index contributed by atoms with van der Waals surface area (Å²) in [5.41, 5.74) is 2.01. The standard InChI is InChI=1S/C16H24N2O/c1-18(2)12-13-8-10-14(11-9-13)16(19)17-15-6-4-3-5-7-15/h8-11,15H,3-7,12H2,1-2H3,(H,17,19). The molecule has 104 valence electrons. The zero-order valence-corrected chi connectivity index (χ0v) is 12.0. The van der Waals surface area contributed by atoms with Gasteiger partial charge in [-0.15, -0.1) is 0 Å². The van der Waals surface area contributed by atoms with Crippen LogP contribution in [0, 0.1) is 0 Å². The van der Waals surface area contributed by atoms with Crippen LogP contribution < -0.4 is 5.32 Å². The van der Waals surface area contributed by atoms with Gasteiger partial charge in [0.25, 0.3) is 5.91 Å². The second-order valence-corrected chi connectivity index (χ2v) is 5.74. The van der Waals surface area contributed by atoms with E-state index in [1.807, 2.05) is 38.4 Å². The lowest BCUT2D eigenvalue weighted by Crippen LogP contribution is -2.36. The molecule has 3 heteroatoms. The minimum absolute atomic E-state index is 0.0725. The van der Waals surface area contributed by atoms with Crippen LogP contribution in [0.1, 0.15) is 48.0 Å². The van der Waals surface area contributed by atoms with Crippen molar-refractivity contribution in [3.8, 4) is 0 Å². The number of carbonyl (C=O) groups excluding carboxylic acids is 1. The van der Waals surface area contributed by atoms with E-state index in [0.717, 1.165) is 24.9 Å². The first kappa shape index (κ1) is 14.1. The van der Waals surface area contributed by atoms with Crippen LogP contribution in [0.25, 0.3) is 0 Å². The molecular weight excluding hydrogens is 236 g/mol. The highest BCUT2D eigenvalue weighted by Crippen LogP contribution is 2.18. The maximum atomic E-state index is 12.1. The monoisotopic (exact) mass is 260 g/mol. The Bertz CT molecular complexity index is 405. The number of hydrogen-bond donors (Lipinski definition) is 1. The minimum atomic E-state index is 0.0725. The smallest absolute Gasteiger partial charge is 0.251 e. The van der Waals surface area contributed by atoms with Gasteiger partial charge in [0, 0.05) is 18.2 Å². The molecule has 0 heterocycles. The number of rotatable bonds is 4. The molecule has 19 heavy (non-hydrogen) atoms. The van der Waals surface area contributed by atoms with E-state index >= 15 is 0 Å². The van der Waals surface area contributed by atoms with Gasteiger partial charge in [0.2, 0.25) is 0 Å². The second-order valence-electron chi connectivity index (χ2n) is 5.74. The molecule has 1 aliphatic carbocycles. The fourth-order valence-electron chi connectivity index (χ4n) is 2.64. The fraction of sp³-hybridized carbons (Fsp3) is 0.562. The summed E-state index contributed by atoms with van der Waals surface area (Å²) in [6, 6.07) is 8.31. The van der Waals surface area contributed by atoms with Crippen LogP contribution in [0.4, 0.5) is 0 Å². The Morgan fingerprint density at radius 1 is 1.16 bits per heavy atom. The molecule has 1 saturated carbocycles. The maximum absolute atomic E-state index is 12.1. The molecule has 1 amide bonds. The summed E-state index contributed by atoms with van der Waals surface area (Å²) in [5.74, 6) is 0.0725. The van der Waals surface area contributed by atoms with E-state index in [0.29, 0.717) is 6.04 Å². The molecule has 0 bridgehead atoms. The average molecular weight is 260 g/mol. The highest BCUT2D eigenvalue weighted by atomic mass is 16.1. The zero-order valence-electron chi connectivity index (χ0n) is 12.0. The van der Waals surface area contributed by atoms with Crippen molar-refractivity contribution >= 4 is 5.91 Å². The Morgan fingerprint density at radius 3 is 2.37 bits per heavy atom. The van der Waals surface area contributed by atoms with Crippen molar-refractivity contribution in [2.75, 3.05) is 14.1 Å². The normalized spacial score (nSPS) is 16.6. The quantitative estimate of drug-likeness (QED) is 0.903. The predicted molar refractivity (Wildman–Crippen MR) is 78.2 cm³/mol. The molecule has 0 aliphatic heterocycles. The van der Waals surface area contributed by atoms with Crippen LogP contribution in [0.3, 0.4) is 0 Å². The SMILES string of the molecule is CN(C)Cc1ccc(C(=O)NC2CCCCC2)cc1. The summed E-state index contributed by atoms with van der Waals surface area (Å²) in [7, 11) is 4.09. The Hall–Kier alpha value is -1.35. The number of amides is 1. The fourth-order valence-corrected chi connectivity index (χ4v) is 2.64. The van der Waals surface area contributed by atoms with Crippen LogP contribution in [-0.4, -0.2) is 30.9 Å². The number of benzene rings is 1. The molecule has 0 radical (unpaired) electrons. The minimum Gasteiger partial charge on any atom is -0.349 e. The van der Waals surface area contributed by atoms with Crippen molar-refractivity contribution in [2.45, 2.75) is 44.7 Å². The molecule has 0 saturated heterocycles. The van der Waals surface area contributed by atoms with E-state index in [1.165, 1.54) is 24.8 Å². The molecule has 1 aromatic rings. The van der Waals surface area contributed by atoms with E-state index in [1.54, 1.807) is 0 Å². The third-order valence-corrected chi connectivity index (χ3v) is 3.66. The van der Waals surface area contributed by atoms with Gasteiger partial charge in [-0.2, -0.15) is 0 Å². The molecule has 0 aromatic heterocycles. The second kappa shape index (κ2) is 6.71. The Morgan fingerprint density at radius 2 is 1.79 bits per heavy atom. The summed E-state index contributed by atoms with van der Waals surface area (Å²) in [6.07, 6.45) is 6.06. The largest absolute Gasteiger partial charge is 0.349 e. The summed E-state index contributed by atoms with van der Waals surface area (Å²) in [5, 5.41) is 3.15. The van der Waals surface area contributed by atoms with Crippen LogP contribution >= 0.6 is 0 Å². The molecule has 3 nitrogen and oxygen atoms in total. The Labute approximate surface area is 116 Å². The van der Waals surface area contributed by atoms with Crippen LogP contribution in [0.2, 0.25) is 0 Å². The molecule has 1 N–H and O–H groups in total. The third-order valence-electron chi connectivity index (χ3n) is 3.66. The molecule has 1 fully saturated rings. The number of hydrogen-bond acceptors (Lipinski definition) is 2. The van der Waals surface area contributed by atoms with Gasteiger partial charge in [-0.3, -0.25) is 4.79 Å². The first-order valence-corrected chi connectivity index (χ1v) is 7.19. The van der Waals surface area contributed by atoms with E-state index in [2.05, 4.69) is 10.2 Å². The Kier molecular flexibility index (Phi) is 4.97. The van der Waals surface area contributed by atoms with E-state index in [9.17, 15) is 4.79 Å². The highest BCUT2D eigenvalue weighted by molar-refractivity contribution is 5.94. The van der Waals surface area contributed by atoms with Crippen LogP contribution in [0.5, 0.6) is 0 Å². The van der Waals surface area contributed by atoms with Gasteiger partial charge < -0.3 is 10.2 Å². The summed E-state index contributed by atoms with van der Waals surface area (Å²) < 4.78 is 0. The first-order chi connectivity index (χ1) is 9.15. The summed E-state index contributed by atoms with van der Waals surface area (Å²) >= 11 is 0. The average Bonchev–Trinajstić information content (AvgIpc) is 2.40. The molecule has 1 aliphatic rings. The van der Waals surface area contributed by atoms with Crippen molar-refractivity contribution in [3.63, 3.8) is 0 Å². The first-order valence-electron chi connectivity index (χ1n) is 7.19. The third kappa shape index (κ3) is 4.35. The number of nitrogens with one attached hydrogen (secondary N) is 1. The molecule has 0 unspecified atom stereocenters. The lowest BCUT2D eigenvalue weighted by molar-refractivity contribution is 0.0927. The van der Waals surface area contributed by atoms with Gasteiger partial charge in [0.05, 0.1) is 0 Å². The van der Waals surface area contributed by atoms with E-state index < -0.39 is 0 Å². The predicted octanol–water partition coefficient (Wildman–Crippen LogP) is 2.81. The van der Waals surface area contributed by atoms with Crippen LogP contribution in [-0.2, 0) is 6.54 Å². The summed E-state index contributed by atoms with van der Waals surface area (Å²) in [6.45, 7) is 0.907. The van der Waals surface area contributed by atoms with Crippen molar-refractivity contribution in [1.82, 2.24) is 10.2 Å². The molecular formula is C16H24N2O.